The Morgan fingerprint density at radius 2 is 1.60 bits per heavy atom. The third kappa shape index (κ3) is 5.35. The van der Waals surface area contributed by atoms with Gasteiger partial charge in [0.25, 0.3) is 0 Å². The Morgan fingerprint density at radius 3 is 2.30 bits per heavy atom. The van der Waals surface area contributed by atoms with Gasteiger partial charge < -0.3 is 24.4 Å². The Kier molecular flexibility index (Phi) is 6.64. The molecule has 0 bridgehead atoms. The highest BCUT2D eigenvalue weighted by Gasteiger charge is 2.11. The summed E-state index contributed by atoms with van der Waals surface area (Å²) in [5.41, 5.74) is 2.07. The number of hydrogen-bond acceptors (Lipinski definition) is 6. The van der Waals surface area contributed by atoms with Crippen molar-refractivity contribution >= 4 is 11.8 Å². The van der Waals surface area contributed by atoms with E-state index in [2.05, 4.69) is 5.32 Å². The molecule has 0 aliphatic heterocycles. The molecule has 0 saturated carbocycles. The highest BCUT2D eigenvalue weighted by atomic mass is 16.6. The number of ether oxygens (including phenoxy) is 3. The van der Waals surface area contributed by atoms with Crippen LogP contribution in [-0.4, -0.2) is 30.5 Å². The minimum atomic E-state index is -0.643. The van der Waals surface area contributed by atoms with Gasteiger partial charge in [0.1, 0.15) is 28.7 Å². The molecule has 0 saturated heterocycles. The van der Waals surface area contributed by atoms with E-state index in [0.717, 1.165) is 5.56 Å². The number of nitrogens with one attached hydrogen (secondary N) is 1. The number of amides is 1. The van der Waals surface area contributed by atoms with Gasteiger partial charge in [-0.25, -0.2) is 4.79 Å². The van der Waals surface area contributed by atoms with Crippen LogP contribution >= 0.6 is 0 Å². The second kappa shape index (κ2) is 9.56. The molecule has 30 heavy (non-hydrogen) atoms. The largest absolute Gasteiger partial charge is 0.508 e. The normalized spacial score (nSPS) is 10.3. The van der Waals surface area contributed by atoms with E-state index in [1.165, 1.54) is 25.3 Å². The first-order valence-corrected chi connectivity index (χ1v) is 9.29. The van der Waals surface area contributed by atoms with E-state index in [1.807, 2.05) is 12.1 Å². The highest BCUT2D eigenvalue weighted by Crippen LogP contribution is 2.28. The summed E-state index contributed by atoms with van der Waals surface area (Å²) in [5.74, 6) is 1.78. The fourth-order valence-electron chi connectivity index (χ4n) is 2.93. The summed E-state index contributed by atoms with van der Waals surface area (Å²) >= 11 is 0. The lowest BCUT2D eigenvalue weighted by Gasteiger charge is -2.13. The molecule has 0 aliphatic rings. The molecule has 3 aromatic rings. The van der Waals surface area contributed by atoms with E-state index in [9.17, 15) is 15.0 Å². The maximum atomic E-state index is 12.2. The molecule has 0 unspecified atom stereocenters. The molecule has 3 N–H and O–H groups in total. The van der Waals surface area contributed by atoms with Crippen LogP contribution in [-0.2, 0) is 12.8 Å². The van der Waals surface area contributed by atoms with E-state index in [-0.39, 0.29) is 11.5 Å². The summed E-state index contributed by atoms with van der Waals surface area (Å²) < 4.78 is 15.7. The topological polar surface area (TPSA) is 97.3 Å². The van der Waals surface area contributed by atoms with E-state index in [4.69, 9.17) is 14.2 Å². The molecule has 0 fully saturated rings. The fraction of sp³-hybridized carbons (Fsp3) is 0.174. The zero-order chi connectivity index (χ0) is 21.5. The van der Waals surface area contributed by atoms with E-state index >= 15 is 0 Å². The van der Waals surface area contributed by atoms with Crippen molar-refractivity contribution in [1.82, 2.24) is 0 Å². The number of methoxy groups -OCH3 is 2. The second-order valence-electron chi connectivity index (χ2n) is 6.54. The van der Waals surface area contributed by atoms with Crippen molar-refractivity contribution in [3.63, 3.8) is 0 Å². The van der Waals surface area contributed by atoms with Crippen molar-refractivity contribution in [2.75, 3.05) is 19.5 Å². The van der Waals surface area contributed by atoms with Gasteiger partial charge in [-0.2, -0.15) is 0 Å². The molecule has 0 heterocycles. The Balaban J connectivity index is 1.64. The number of benzene rings is 3. The van der Waals surface area contributed by atoms with Crippen LogP contribution in [0.15, 0.2) is 60.7 Å². The smallest absolute Gasteiger partial charge is 0.417 e. The maximum absolute atomic E-state index is 12.2. The quantitative estimate of drug-likeness (QED) is 0.497. The number of hydrogen-bond donors (Lipinski definition) is 3. The zero-order valence-corrected chi connectivity index (χ0v) is 16.7. The average molecular weight is 409 g/mol. The molecule has 0 aliphatic carbocycles. The lowest BCUT2D eigenvalue weighted by molar-refractivity contribution is 0.215. The second-order valence-corrected chi connectivity index (χ2v) is 6.54. The van der Waals surface area contributed by atoms with E-state index in [1.54, 1.807) is 37.4 Å². The number of anilines is 1. The molecular weight excluding hydrogens is 386 g/mol. The molecule has 156 valence electrons. The van der Waals surface area contributed by atoms with Gasteiger partial charge in [-0.15, -0.1) is 0 Å². The van der Waals surface area contributed by atoms with Crippen LogP contribution in [0.1, 0.15) is 11.1 Å². The summed E-state index contributed by atoms with van der Waals surface area (Å²) in [6.07, 6.45) is 0.510. The number of aryl methyl sites for hydroxylation is 2. The van der Waals surface area contributed by atoms with Crippen molar-refractivity contribution in [1.29, 1.82) is 0 Å². The third-order valence-corrected chi connectivity index (χ3v) is 4.52. The number of aromatic hydroxyl groups is 2. The summed E-state index contributed by atoms with van der Waals surface area (Å²) in [6.45, 7) is 0. The summed E-state index contributed by atoms with van der Waals surface area (Å²) in [5, 5.41) is 22.1. The number of phenols is 2. The van der Waals surface area contributed by atoms with Gasteiger partial charge in [-0.05, 0) is 78.6 Å². The highest BCUT2D eigenvalue weighted by molar-refractivity contribution is 5.88. The first-order chi connectivity index (χ1) is 14.5. The number of phenolic OH excluding ortho intramolecular Hbond substituents is 2. The van der Waals surface area contributed by atoms with Gasteiger partial charge in [0, 0.05) is 0 Å². The van der Waals surface area contributed by atoms with Crippen LogP contribution in [0.3, 0.4) is 0 Å². The molecule has 1 amide bonds. The predicted molar refractivity (Wildman–Crippen MR) is 113 cm³/mol. The Labute approximate surface area is 174 Å². The minimum Gasteiger partial charge on any atom is -0.508 e. The van der Waals surface area contributed by atoms with Crippen molar-refractivity contribution in [3.05, 3.63) is 71.8 Å². The van der Waals surface area contributed by atoms with Crippen LogP contribution in [0, 0.1) is 0 Å². The van der Waals surface area contributed by atoms with Crippen LogP contribution in [0.4, 0.5) is 10.5 Å². The molecule has 0 spiro atoms. The summed E-state index contributed by atoms with van der Waals surface area (Å²) in [4.78, 5) is 12.2. The third-order valence-electron chi connectivity index (χ3n) is 4.52. The average Bonchev–Trinajstić information content (AvgIpc) is 2.75. The van der Waals surface area contributed by atoms with E-state index < -0.39 is 6.09 Å². The van der Waals surface area contributed by atoms with Crippen LogP contribution in [0.25, 0.3) is 0 Å². The Hall–Kier alpha value is -3.87. The summed E-state index contributed by atoms with van der Waals surface area (Å²) in [6, 6.07) is 16.5. The van der Waals surface area contributed by atoms with Crippen molar-refractivity contribution in [2.24, 2.45) is 0 Å². The molecular formula is C23H23NO6. The monoisotopic (exact) mass is 409 g/mol. The van der Waals surface area contributed by atoms with Gasteiger partial charge in [0.2, 0.25) is 0 Å². The number of carbonyl (C=O) groups excluding carboxylic acids is 1. The van der Waals surface area contributed by atoms with Crippen molar-refractivity contribution in [3.8, 4) is 28.7 Å². The molecule has 0 atom stereocenters. The minimum absolute atomic E-state index is 0.107. The first kappa shape index (κ1) is 20.9. The lowest BCUT2D eigenvalue weighted by atomic mass is 10.0. The van der Waals surface area contributed by atoms with Gasteiger partial charge >= 0.3 is 6.09 Å². The van der Waals surface area contributed by atoms with Gasteiger partial charge in [-0.3, -0.25) is 5.32 Å². The van der Waals surface area contributed by atoms with Crippen molar-refractivity contribution in [2.45, 2.75) is 12.8 Å². The Morgan fingerprint density at radius 1 is 0.867 bits per heavy atom. The maximum Gasteiger partial charge on any atom is 0.417 e. The molecule has 7 heteroatoms. The van der Waals surface area contributed by atoms with Crippen LogP contribution in [0.2, 0.25) is 0 Å². The van der Waals surface area contributed by atoms with Gasteiger partial charge in [0.15, 0.2) is 0 Å². The lowest BCUT2D eigenvalue weighted by Crippen LogP contribution is -2.17. The van der Waals surface area contributed by atoms with Crippen LogP contribution in [0.5, 0.6) is 28.7 Å². The molecule has 3 rings (SSSR count). The van der Waals surface area contributed by atoms with Crippen LogP contribution < -0.4 is 19.5 Å². The van der Waals surface area contributed by atoms with E-state index in [0.29, 0.717) is 41.3 Å². The SMILES string of the molecule is COc1ccc(OC(=O)Nc2ccc(CCc3cc(O)ccc3O)cc2OC)cc1. The van der Waals surface area contributed by atoms with Crippen molar-refractivity contribution < 1.29 is 29.2 Å². The first-order valence-electron chi connectivity index (χ1n) is 9.29. The Bertz CT molecular complexity index is 1020. The van der Waals surface area contributed by atoms with Gasteiger partial charge in [0.05, 0.1) is 19.9 Å². The standard InChI is InChI=1S/C23H23NO6/c1-28-18-7-9-19(10-8-18)30-23(27)24-20-11-4-15(13-22(20)29-2)3-5-16-14-17(25)6-12-21(16)26/h4,6-14,25-26H,3,5H2,1-2H3,(H,24,27). The molecule has 7 nitrogen and oxygen atoms in total. The van der Waals surface area contributed by atoms with Gasteiger partial charge in [-0.1, -0.05) is 6.07 Å². The fourth-order valence-corrected chi connectivity index (χ4v) is 2.93. The summed E-state index contributed by atoms with van der Waals surface area (Å²) in [7, 11) is 3.07. The molecule has 0 radical (unpaired) electrons. The zero-order valence-electron chi connectivity index (χ0n) is 16.7. The number of carbonyl (C=O) groups is 1. The molecule has 0 aromatic heterocycles. The molecule has 3 aromatic carbocycles. The predicted octanol–water partition coefficient (Wildman–Crippen LogP) is 4.51. The number of rotatable bonds is 7.